The molecule has 180 valence electrons. The second-order valence-corrected chi connectivity index (χ2v) is 8.41. The molecule has 5 rings (SSSR count). The molecule has 2 aromatic heterocycles. The lowest BCUT2D eigenvalue weighted by Gasteiger charge is -2.18. The van der Waals surface area contributed by atoms with Crippen LogP contribution in [0.4, 0.5) is 5.69 Å². The molecule has 0 aliphatic heterocycles. The van der Waals surface area contributed by atoms with E-state index in [4.69, 9.17) is 4.42 Å². The van der Waals surface area contributed by atoms with Crippen LogP contribution in [0, 0.1) is 17.0 Å². The highest BCUT2D eigenvalue weighted by Crippen LogP contribution is 2.39. The van der Waals surface area contributed by atoms with Crippen molar-refractivity contribution in [1.29, 1.82) is 0 Å². The van der Waals surface area contributed by atoms with Crippen LogP contribution in [0.15, 0.2) is 92.9 Å². The fraction of sp³-hybridized carbons (Fsp3) is 0.111. The van der Waals surface area contributed by atoms with E-state index in [2.05, 4.69) is 0 Å². The lowest BCUT2D eigenvalue weighted by Crippen LogP contribution is -2.24. The van der Waals surface area contributed by atoms with Crippen molar-refractivity contribution in [2.45, 2.75) is 12.8 Å². The molecule has 9 nitrogen and oxygen atoms in total. The standard InChI is InChI=1S/C27H21N3O6/c1-16-22(26(32)29(28(16)2)18-10-4-3-5-11-18)23(17-9-8-12-19(15-17)30(34)35)24-25(31)20-13-6-7-14-21(20)36-27(24)33/h3-15,23,31H,1-2H3/t23-/m1/s1. The second kappa shape index (κ2) is 8.70. The Bertz CT molecular complexity index is 1750. The zero-order chi connectivity index (χ0) is 25.6. The number of rotatable bonds is 5. The number of nitro benzene ring substituents is 1. The molecule has 0 spiro atoms. The van der Waals surface area contributed by atoms with Crippen LogP contribution in [-0.4, -0.2) is 19.4 Å². The van der Waals surface area contributed by atoms with Crippen LogP contribution in [-0.2, 0) is 7.05 Å². The summed E-state index contributed by atoms with van der Waals surface area (Å²) in [5, 5.41) is 23.1. The van der Waals surface area contributed by atoms with E-state index in [9.17, 15) is 24.8 Å². The second-order valence-electron chi connectivity index (χ2n) is 8.41. The first-order valence-corrected chi connectivity index (χ1v) is 11.1. The van der Waals surface area contributed by atoms with Gasteiger partial charge in [0.05, 0.1) is 33.0 Å². The van der Waals surface area contributed by atoms with Gasteiger partial charge in [0.25, 0.3) is 11.2 Å². The summed E-state index contributed by atoms with van der Waals surface area (Å²) in [6, 6.07) is 21.2. The Kier molecular flexibility index (Phi) is 5.52. The van der Waals surface area contributed by atoms with Crippen molar-refractivity contribution in [3.63, 3.8) is 0 Å². The number of fused-ring (bicyclic) bond motifs is 1. The smallest absolute Gasteiger partial charge is 0.344 e. The molecule has 0 saturated heterocycles. The summed E-state index contributed by atoms with van der Waals surface area (Å²) >= 11 is 0. The van der Waals surface area contributed by atoms with Gasteiger partial charge in [-0.2, -0.15) is 0 Å². The van der Waals surface area contributed by atoms with Crippen molar-refractivity contribution in [3.8, 4) is 11.4 Å². The van der Waals surface area contributed by atoms with E-state index in [1.54, 1.807) is 73.3 Å². The Morgan fingerprint density at radius 3 is 2.36 bits per heavy atom. The molecule has 0 fully saturated rings. The van der Waals surface area contributed by atoms with Crippen molar-refractivity contribution in [2.24, 2.45) is 7.05 Å². The summed E-state index contributed by atoms with van der Waals surface area (Å²) in [6.07, 6.45) is 0. The highest BCUT2D eigenvalue weighted by molar-refractivity contribution is 5.84. The number of non-ortho nitro benzene ring substituents is 1. The fourth-order valence-corrected chi connectivity index (χ4v) is 4.62. The highest BCUT2D eigenvalue weighted by Gasteiger charge is 2.33. The van der Waals surface area contributed by atoms with Crippen LogP contribution in [0.5, 0.6) is 5.75 Å². The molecule has 1 atom stereocenters. The van der Waals surface area contributed by atoms with E-state index in [0.29, 0.717) is 22.3 Å². The Hall–Kier alpha value is -4.92. The third-order valence-electron chi connectivity index (χ3n) is 6.41. The molecule has 0 radical (unpaired) electrons. The van der Waals surface area contributed by atoms with E-state index in [1.807, 2.05) is 6.07 Å². The molecule has 0 saturated carbocycles. The van der Waals surface area contributed by atoms with Crippen LogP contribution >= 0.6 is 0 Å². The third-order valence-corrected chi connectivity index (χ3v) is 6.41. The van der Waals surface area contributed by atoms with E-state index in [-0.39, 0.29) is 28.1 Å². The third kappa shape index (κ3) is 3.58. The number of nitrogens with zero attached hydrogens (tertiary/aromatic N) is 3. The van der Waals surface area contributed by atoms with Crippen LogP contribution in [0.3, 0.4) is 0 Å². The van der Waals surface area contributed by atoms with Gasteiger partial charge >= 0.3 is 5.63 Å². The summed E-state index contributed by atoms with van der Waals surface area (Å²) in [5.41, 5.74) is 0.167. The number of para-hydroxylation sites is 2. The minimum Gasteiger partial charge on any atom is -0.507 e. The molecule has 2 heterocycles. The average Bonchev–Trinajstić information content (AvgIpc) is 3.10. The average molecular weight is 483 g/mol. The van der Waals surface area contributed by atoms with Gasteiger partial charge in [-0.05, 0) is 36.8 Å². The quantitative estimate of drug-likeness (QED) is 0.225. The molecule has 0 aliphatic carbocycles. The van der Waals surface area contributed by atoms with Gasteiger partial charge in [0.1, 0.15) is 11.3 Å². The molecular formula is C27H21N3O6. The SMILES string of the molecule is Cc1c([C@@H](c2cccc([N+](=O)[O-])c2)c2c(O)c3ccccc3oc2=O)c(=O)n(-c2ccccc2)n1C. The lowest BCUT2D eigenvalue weighted by molar-refractivity contribution is -0.384. The van der Waals surface area contributed by atoms with Crippen LogP contribution in [0.1, 0.15) is 28.3 Å². The Labute approximate surface area is 204 Å². The minimum atomic E-state index is -1.13. The van der Waals surface area contributed by atoms with Gasteiger partial charge in [0.15, 0.2) is 0 Å². The lowest BCUT2D eigenvalue weighted by atomic mass is 9.84. The first-order valence-electron chi connectivity index (χ1n) is 11.1. The molecule has 0 unspecified atom stereocenters. The molecule has 0 amide bonds. The summed E-state index contributed by atoms with van der Waals surface area (Å²) in [6.45, 7) is 1.72. The van der Waals surface area contributed by atoms with Gasteiger partial charge in [0.2, 0.25) is 0 Å². The highest BCUT2D eigenvalue weighted by atomic mass is 16.6. The van der Waals surface area contributed by atoms with Crippen LogP contribution in [0.25, 0.3) is 16.7 Å². The Morgan fingerprint density at radius 1 is 0.944 bits per heavy atom. The van der Waals surface area contributed by atoms with Crippen LogP contribution in [0.2, 0.25) is 0 Å². The normalized spacial score (nSPS) is 12.1. The molecule has 36 heavy (non-hydrogen) atoms. The largest absolute Gasteiger partial charge is 0.507 e. The zero-order valence-electron chi connectivity index (χ0n) is 19.4. The number of benzene rings is 3. The van der Waals surface area contributed by atoms with E-state index >= 15 is 0 Å². The van der Waals surface area contributed by atoms with E-state index in [0.717, 1.165) is 0 Å². The van der Waals surface area contributed by atoms with Crippen molar-refractivity contribution < 1.29 is 14.4 Å². The molecule has 0 bridgehead atoms. The van der Waals surface area contributed by atoms with Gasteiger partial charge in [-0.1, -0.05) is 42.5 Å². The zero-order valence-corrected chi connectivity index (χ0v) is 19.4. The molecule has 0 aliphatic rings. The summed E-state index contributed by atoms with van der Waals surface area (Å²) in [7, 11) is 1.71. The van der Waals surface area contributed by atoms with E-state index in [1.165, 1.54) is 22.9 Å². The van der Waals surface area contributed by atoms with E-state index < -0.39 is 22.0 Å². The number of hydrogen-bond donors (Lipinski definition) is 1. The maximum atomic E-state index is 13.9. The minimum absolute atomic E-state index is 0.166. The first kappa shape index (κ1) is 22.9. The molecule has 9 heteroatoms. The summed E-state index contributed by atoms with van der Waals surface area (Å²) in [4.78, 5) is 38.2. The molecular weight excluding hydrogens is 462 g/mol. The number of aromatic nitrogens is 2. The Morgan fingerprint density at radius 2 is 1.64 bits per heavy atom. The maximum Gasteiger partial charge on any atom is 0.344 e. The van der Waals surface area contributed by atoms with Gasteiger partial charge in [-0.15, -0.1) is 0 Å². The van der Waals surface area contributed by atoms with Crippen molar-refractivity contribution in [2.75, 3.05) is 0 Å². The molecule has 5 aromatic rings. The van der Waals surface area contributed by atoms with Crippen molar-refractivity contribution >= 4 is 16.7 Å². The monoisotopic (exact) mass is 483 g/mol. The first-order chi connectivity index (χ1) is 17.3. The maximum absolute atomic E-state index is 13.9. The molecule has 3 aromatic carbocycles. The number of aromatic hydroxyl groups is 1. The van der Waals surface area contributed by atoms with Gasteiger partial charge in [0, 0.05) is 24.9 Å². The summed E-state index contributed by atoms with van der Waals surface area (Å²) < 4.78 is 8.61. The Balaban J connectivity index is 1.88. The van der Waals surface area contributed by atoms with Crippen molar-refractivity contribution in [3.05, 3.63) is 132 Å². The fourth-order valence-electron chi connectivity index (χ4n) is 4.62. The summed E-state index contributed by atoms with van der Waals surface area (Å²) in [5.74, 6) is -1.47. The van der Waals surface area contributed by atoms with Gasteiger partial charge in [-0.25, -0.2) is 9.48 Å². The van der Waals surface area contributed by atoms with Gasteiger partial charge in [-0.3, -0.25) is 19.6 Å². The number of nitro groups is 1. The predicted octanol–water partition coefficient (Wildman–Crippen LogP) is 4.38. The topological polar surface area (TPSA) is 121 Å². The van der Waals surface area contributed by atoms with Gasteiger partial charge < -0.3 is 9.52 Å². The van der Waals surface area contributed by atoms with Crippen LogP contribution < -0.4 is 11.2 Å². The molecule has 1 N–H and O–H groups in total. The van der Waals surface area contributed by atoms with Crippen molar-refractivity contribution in [1.82, 2.24) is 9.36 Å². The number of hydrogen-bond acceptors (Lipinski definition) is 6. The predicted molar refractivity (Wildman–Crippen MR) is 134 cm³/mol.